The SMILES string of the molecule is NNc1nccc(Sc2ncccc2Cl)n1. The van der Waals surface area contributed by atoms with E-state index in [1.807, 2.05) is 0 Å². The molecule has 16 heavy (non-hydrogen) atoms. The molecule has 0 fully saturated rings. The van der Waals surface area contributed by atoms with E-state index < -0.39 is 0 Å². The highest BCUT2D eigenvalue weighted by molar-refractivity contribution is 7.99. The molecule has 0 spiro atoms. The Kier molecular flexibility index (Phi) is 3.55. The average Bonchev–Trinajstić information content (AvgIpc) is 2.32. The fourth-order valence-electron chi connectivity index (χ4n) is 1.01. The summed E-state index contributed by atoms with van der Waals surface area (Å²) in [6.45, 7) is 0. The Bertz CT molecular complexity index is 493. The van der Waals surface area contributed by atoms with Crippen LogP contribution in [0.15, 0.2) is 40.6 Å². The minimum Gasteiger partial charge on any atom is -0.292 e. The molecule has 0 bridgehead atoms. The zero-order valence-electron chi connectivity index (χ0n) is 8.09. The lowest BCUT2D eigenvalue weighted by atomic mass is 10.5. The van der Waals surface area contributed by atoms with Crippen molar-refractivity contribution in [1.82, 2.24) is 15.0 Å². The van der Waals surface area contributed by atoms with Crippen LogP contribution in [-0.4, -0.2) is 15.0 Å². The Labute approximate surface area is 101 Å². The lowest BCUT2D eigenvalue weighted by Gasteiger charge is -2.03. The maximum absolute atomic E-state index is 5.98. The van der Waals surface area contributed by atoms with Crippen molar-refractivity contribution in [3.63, 3.8) is 0 Å². The van der Waals surface area contributed by atoms with E-state index in [-0.39, 0.29) is 0 Å². The summed E-state index contributed by atoms with van der Waals surface area (Å²) in [7, 11) is 0. The van der Waals surface area contributed by atoms with Crippen LogP contribution in [0.25, 0.3) is 0 Å². The van der Waals surface area contributed by atoms with E-state index in [9.17, 15) is 0 Å². The van der Waals surface area contributed by atoms with Crippen molar-refractivity contribution < 1.29 is 0 Å². The molecule has 0 atom stereocenters. The van der Waals surface area contributed by atoms with E-state index in [4.69, 9.17) is 17.4 Å². The summed E-state index contributed by atoms with van der Waals surface area (Å²) in [4.78, 5) is 12.2. The minimum absolute atomic E-state index is 0.358. The summed E-state index contributed by atoms with van der Waals surface area (Å²) >= 11 is 7.33. The number of nitrogens with zero attached hydrogens (tertiary/aromatic N) is 3. The van der Waals surface area contributed by atoms with Gasteiger partial charge in [0.25, 0.3) is 0 Å². The van der Waals surface area contributed by atoms with Crippen molar-refractivity contribution in [2.75, 3.05) is 5.43 Å². The Morgan fingerprint density at radius 3 is 2.88 bits per heavy atom. The second-order valence-corrected chi connectivity index (χ2v) is 4.17. The number of pyridine rings is 1. The predicted molar refractivity (Wildman–Crippen MR) is 63.2 cm³/mol. The zero-order chi connectivity index (χ0) is 11.4. The molecule has 0 aliphatic carbocycles. The number of nitrogens with two attached hydrogens (primary N) is 1. The number of aromatic nitrogens is 3. The summed E-state index contributed by atoms with van der Waals surface area (Å²) in [6.07, 6.45) is 3.29. The molecular formula is C9H8ClN5S. The lowest BCUT2D eigenvalue weighted by Crippen LogP contribution is -2.10. The molecule has 5 nitrogen and oxygen atoms in total. The molecule has 2 rings (SSSR count). The van der Waals surface area contributed by atoms with E-state index in [1.54, 1.807) is 30.6 Å². The maximum atomic E-state index is 5.98. The van der Waals surface area contributed by atoms with Crippen molar-refractivity contribution in [1.29, 1.82) is 0 Å². The predicted octanol–water partition coefficient (Wildman–Crippen LogP) is 1.96. The molecule has 0 radical (unpaired) electrons. The Balaban J connectivity index is 2.24. The van der Waals surface area contributed by atoms with Crippen molar-refractivity contribution in [2.45, 2.75) is 10.1 Å². The molecule has 0 saturated heterocycles. The smallest absolute Gasteiger partial charge is 0.238 e. The molecule has 82 valence electrons. The summed E-state index contributed by atoms with van der Waals surface area (Å²) in [5.41, 5.74) is 2.38. The molecule has 0 aliphatic rings. The van der Waals surface area contributed by atoms with Gasteiger partial charge in [-0.1, -0.05) is 11.6 Å². The van der Waals surface area contributed by atoms with Crippen LogP contribution in [0.4, 0.5) is 5.95 Å². The van der Waals surface area contributed by atoms with Gasteiger partial charge in [0, 0.05) is 12.4 Å². The zero-order valence-corrected chi connectivity index (χ0v) is 9.66. The molecule has 2 aromatic heterocycles. The fourth-order valence-corrected chi connectivity index (χ4v) is 1.99. The number of hydrazine groups is 1. The lowest BCUT2D eigenvalue weighted by molar-refractivity contribution is 1.02. The van der Waals surface area contributed by atoms with Gasteiger partial charge in [-0.2, -0.15) is 0 Å². The van der Waals surface area contributed by atoms with Gasteiger partial charge >= 0.3 is 0 Å². The number of anilines is 1. The second-order valence-electron chi connectivity index (χ2n) is 2.76. The highest BCUT2D eigenvalue weighted by Crippen LogP contribution is 2.29. The third-order valence-corrected chi connectivity index (χ3v) is 3.06. The summed E-state index contributed by atoms with van der Waals surface area (Å²) in [5, 5.41) is 2.02. The molecule has 7 heteroatoms. The van der Waals surface area contributed by atoms with Crippen LogP contribution in [0, 0.1) is 0 Å². The first-order chi connectivity index (χ1) is 7.79. The minimum atomic E-state index is 0.358. The van der Waals surface area contributed by atoms with Gasteiger partial charge < -0.3 is 0 Å². The first-order valence-electron chi connectivity index (χ1n) is 4.37. The number of hydrogen-bond acceptors (Lipinski definition) is 6. The van der Waals surface area contributed by atoms with E-state index in [1.165, 1.54) is 11.8 Å². The van der Waals surface area contributed by atoms with Gasteiger partial charge in [0.1, 0.15) is 10.1 Å². The summed E-state index contributed by atoms with van der Waals surface area (Å²) < 4.78 is 0. The van der Waals surface area contributed by atoms with Crippen molar-refractivity contribution in [3.8, 4) is 0 Å². The van der Waals surface area contributed by atoms with Gasteiger partial charge in [-0.25, -0.2) is 20.8 Å². The molecule has 2 aromatic rings. The highest BCUT2D eigenvalue weighted by Gasteiger charge is 2.05. The van der Waals surface area contributed by atoms with Gasteiger partial charge in [0.05, 0.1) is 5.02 Å². The first kappa shape index (κ1) is 11.1. The third-order valence-electron chi connectivity index (χ3n) is 1.69. The topological polar surface area (TPSA) is 76.7 Å². The quantitative estimate of drug-likeness (QED) is 0.495. The van der Waals surface area contributed by atoms with Gasteiger partial charge in [0.15, 0.2) is 0 Å². The van der Waals surface area contributed by atoms with Crippen molar-refractivity contribution in [3.05, 3.63) is 35.6 Å². The summed E-state index contributed by atoms with van der Waals surface area (Å²) in [6, 6.07) is 5.32. The third kappa shape index (κ3) is 2.60. The number of hydrogen-bond donors (Lipinski definition) is 2. The van der Waals surface area contributed by atoms with Crippen LogP contribution < -0.4 is 11.3 Å². The van der Waals surface area contributed by atoms with E-state index in [0.29, 0.717) is 16.0 Å². The monoisotopic (exact) mass is 253 g/mol. The van der Waals surface area contributed by atoms with Crippen LogP contribution in [-0.2, 0) is 0 Å². The Hall–Kier alpha value is -1.37. The van der Waals surface area contributed by atoms with E-state index >= 15 is 0 Å². The first-order valence-corrected chi connectivity index (χ1v) is 5.57. The molecule has 3 N–H and O–H groups in total. The molecule has 0 unspecified atom stereocenters. The second kappa shape index (κ2) is 5.11. The molecular weight excluding hydrogens is 246 g/mol. The maximum Gasteiger partial charge on any atom is 0.238 e. The molecule has 0 amide bonds. The fraction of sp³-hybridized carbons (Fsp3) is 0. The van der Waals surface area contributed by atoms with Gasteiger partial charge in [-0.3, -0.25) is 5.43 Å². The van der Waals surface area contributed by atoms with E-state index in [2.05, 4.69) is 20.4 Å². The average molecular weight is 254 g/mol. The Morgan fingerprint density at radius 2 is 2.12 bits per heavy atom. The number of nitrogens with one attached hydrogen (secondary N) is 1. The van der Waals surface area contributed by atoms with Gasteiger partial charge in [-0.05, 0) is 30.0 Å². The molecule has 2 heterocycles. The number of nitrogen functional groups attached to an aromatic ring is 1. The molecule has 0 aromatic carbocycles. The van der Waals surface area contributed by atoms with Gasteiger partial charge in [-0.15, -0.1) is 0 Å². The molecule has 0 aliphatic heterocycles. The Morgan fingerprint density at radius 1 is 1.25 bits per heavy atom. The number of rotatable bonds is 3. The van der Waals surface area contributed by atoms with Crippen molar-refractivity contribution in [2.24, 2.45) is 5.84 Å². The van der Waals surface area contributed by atoms with Crippen LogP contribution in [0.2, 0.25) is 5.02 Å². The summed E-state index contributed by atoms with van der Waals surface area (Å²) in [5.74, 6) is 5.57. The van der Waals surface area contributed by atoms with Crippen LogP contribution in [0.5, 0.6) is 0 Å². The largest absolute Gasteiger partial charge is 0.292 e. The normalized spacial score (nSPS) is 10.1. The number of halogens is 1. The van der Waals surface area contributed by atoms with Crippen LogP contribution >= 0.6 is 23.4 Å². The van der Waals surface area contributed by atoms with Crippen LogP contribution in [0.1, 0.15) is 0 Å². The molecule has 0 saturated carbocycles. The van der Waals surface area contributed by atoms with Crippen molar-refractivity contribution >= 4 is 29.3 Å². The van der Waals surface area contributed by atoms with Crippen LogP contribution in [0.3, 0.4) is 0 Å². The van der Waals surface area contributed by atoms with E-state index in [0.717, 1.165) is 5.03 Å². The van der Waals surface area contributed by atoms with Gasteiger partial charge in [0.2, 0.25) is 5.95 Å². The standard InChI is InChI=1S/C9H8ClN5S/c10-6-2-1-4-12-8(6)16-7-3-5-13-9(14-7)15-11/h1-5H,11H2,(H,13,14,15). The highest BCUT2D eigenvalue weighted by atomic mass is 35.5.